The molecule has 2 saturated heterocycles. The molecular weight excluding hydrogens is 464 g/mol. The van der Waals surface area contributed by atoms with Crippen molar-refractivity contribution in [1.29, 1.82) is 0 Å². The van der Waals surface area contributed by atoms with Crippen LogP contribution in [-0.2, 0) is 19.9 Å². The Kier molecular flexibility index (Phi) is 5.89. The molecule has 2 amide bonds. The van der Waals surface area contributed by atoms with Crippen molar-refractivity contribution in [2.45, 2.75) is 43.7 Å². The van der Waals surface area contributed by atoms with Crippen molar-refractivity contribution >= 4 is 36.6 Å². The summed E-state index contributed by atoms with van der Waals surface area (Å²) in [6.07, 6.45) is -0.221. The minimum Gasteiger partial charge on any atom is -0.497 e. The Morgan fingerprint density at radius 2 is 1.94 bits per heavy atom. The molecule has 2 N–H and O–H groups in total. The van der Waals surface area contributed by atoms with Gasteiger partial charge in [0.15, 0.2) is 5.60 Å². The molecule has 35 heavy (non-hydrogen) atoms. The Morgan fingerprint density at radius 1 is 1.20 bits per heavy atom. The molecule has 3 aliphatic rings. The second kappa shape index (κ2) is 8.65. The predicted molar refractivity (Wildman–Crippen MR) is 135 cm³/mol. The Labute approximate surface area is 206 Å². The number of nitrogens with one attached hydrogen (secondary N) is 1. The molecule has 1 spiro atoms. The summed E-state index contributed by atoms with van der Waals surface area (Å²) in [4.78, 5) is 27.4. The molecule has 8 nitrogen and oxygen atoms in total. The first-order chi connectivity index (χ1) is 16.7. The molecule has 2 aromatic carbocycles. The zero-order chi connectivity index (χ0) is 25.0. The molecule has 4 atom stereocenters. The van der Waals surface area contributed by atoms with Gasteiger partial charge in [-0.1, -0.05) is 37.3 Å². The van der Waals surface area contributed by atoms with Crippen molar-refractivity contribution in [2.75, 3.05) is 37.1 Å². The number of cyclic esters (lactones) is 1. The van der Waals surface area contributed by atoms with Crippen LogP contribution in [0, 0.1) is 5.92 Å². The maximum atomic E-state index is 13.6. The maximum absolute atomic E-state index is 13.6. The number of anilines is 2. The van der Waals surface area contributed by atoms with Crippen molar-refractivity contribution in [3.05, 3.63) is 48.0 Å². The van der Waals surface area contributed by atoms with Crippen LogP contribution in [0.4, 0.5) is 16.2 Å². The average Bonchev–Trinajstić information content (AvgIpc) is 3.49. The summed E-state index contributed by atoms with van der Waals surface area (Å²) in [6, 6.07) is 13.7. The number of fused-ring (bicyclic) bond motifs is 2. The highest BCUT2D eigenvalue weighted by Gasteiger charge is 2.64. The highest BCUT2D eigenvalue weighted by atomic mass is 28.3. The molecule has 5 rings (SSSR count). The Morgan fingerprint density at radius 3 is 2.57 bits per heavy atom. The number of carbonyl (C=O) groups is 2. The fourth-order valence-electron chi connectivity index (χ4n) is 6.31. The third kappa shape index (κ3) is 3.56. The third-order valence-electron chi connectivity index (χ3n) is 8.06. The molecule has 2 aromatic rings. The SMILES string of the molecule is COc1ccc([Si](C)(C)[C@H]2[C@H](CCO)O[C@@]3(C(=O)Nc4ccc(N5CCOC5=O)cc43)[C@@H]2C)cc1. The molecule has 0 radical (unpaired) electrons. The Hall–Kier alpha value is -2.88. The topological polar surface area (TPSA) is 97.3 Å². The lowest BCUT2D eigenvalue weighted by molar-refractivity contribution is -0.143. The number of benzene rings is 2. The molecule has 3 aliphatic heterocycles. The van der Waals surface area contributed by atoms with E-state index in [4.69, 9.17) is 14.2 Å². The standard InChI is InChI=1S/C26H32N2O6Si/c1-16-23(35(3,4)19-8-6-18(32-2)7-9-19)22(11-13-29)34-26(16)20-15-17(28-12-14-33-25(28)31)5-10-21(20)27-24(26)30/h5-10,15-16,22-23,29H,11-14H2,1-4H3,(H,27,30)/t16-,22+,23-,26+/m1/s1. The highest BCUT2D eigenvalue weighted by molar-refractivity contribution is 6.91. The van der Waals surface area contributed by atoms with Crippen LogP contribution < -0.4 is 20.1 Å². The number of amides is 2. The lowest BCUT2D eigenvalue weighted by Crippen LogP contribution is -2.51. The number of carbonyl (C=O) groups excluding carboxylic acids is 2. The average molecular weight is 497 g/mol. The number of ether oxygens (including phenoxy) is 3. The van der Waals surface area contributed by atoms with Gasteiger partial charge in [-0.15, -0.1) is 0 Å². The van der Waals surface area contributed by atoms with E-state index in [0.29, 0.717) is 30.9 Å². The van der Waals surface area contributed by atoms with Crippen LogP contribution >= 0.6 is 0 Å². The lowest BCUT2D eigenvalue weighted by atomic mass is 9.82. The molecular formula is C26H32N2O6Si. The molecule has 3 heterocycles. The first kappa shape index (κ1) is 23.8. The summed E-state index contributed by atoms with van der Waals surface area (Å²) in [5, 5.41) is 14.2. The largest absolute Gasteiger partial charge is 0.497 e. The van der Waals surface area contributed by atoms with Crippen molar-refractivity contribution in [3.63, 3.8) is 0 Å². The van der Waals surface area contributed by atoms with E-state index >= 15 is 0 Å². The number of aliphatic hydroxyl groups is 1. The highest BCUT2D eigenvalue weighted by Crippen LogP contribution is 2.58. The van der Waals surface area contributed by atoms with Crippen LogP contribution in [0.5, 0.6) is 5.75 Å². The molecule has 186 valence electrons. The van der Waals surface area contributed by atoms with Crippen molar-refractivity contribution < 1.29 is 28.9 Å². The first-order valence-electron chi connectivity index (χ1n) is 12.1. The minimum absolute atomic E-state index is 0.0226. The van der Waals surface area contributed by atoms with Crippen molar-refractivity contribution in [1.82, 2.24) is 0 Å². The first-order valence-corrected chi connectivity index (χ1v) is 15.1. The number of hydrogen-bond acceptors (Lipinski definition) is 6. The summed E-state index contributed by atoms with van der Waals surface area (Å²) in [5.74, 6) is 0.464. The van der Waals surface area contributed by atoms with Crippen LogP contribution in [0.15, 0.2) is 42.5 Å². The van der Waals surface area contributed by atoms with E-state index in [0.717, 1.165) is 11.3 Å². The summed E-state index contributed by atoms with van der Waals surface area (Å²) in [6.45, 7) is 7.47. The zero-order valence-electron chi connectivity index (χ0n) is 20.5. The molecule has 0 aliphatic carbocycles. The molecule has 9 heteroatoms. The minimum atomic E-state index is -2.20. The van der Waals surface area contributed by atoms with Crippen molar-refractivity contribution in [3.8, 4) is 5.75 Å². The van der Waals surface area contributed by atoms with Gasteiger partial charge in [0.2, 0.25) is 0 Å². The van der Waals surface area contributed by atoms with Crippen molar-refractivity contribution in [2.24, 2.45) is 5.92 Å². The Balaban J connectivity index is 1.58. The van der Waals surface area contributed by atoms with Gasteiger partial charge in [-0.3, -0.25) is 9.69 Å². The van der Waals surface area contributed by atoms with E-state index in [9.17, 15) is 14.7 Å². The Bertz CT molecular complexity index is 1150. The van der Waals surface area contributed by atoms with Gasteiger partial charge in [-0.2, -0.15) is 0 Å². The van der Waals surface area contributed by atoms with E-state index in [1.165, 1.54) is 5.19 Å². The number of methoxy groups -OCH3 is 1. The number of nitrogens with zero attached hydrogens (tertiary/aromatic N) is 1. The molecule has 2 fully saturated rings. The summed E-state index contributed by atoms with van der Waals surface area (Å²) < 4.78 is 17.2. The van der Waals surface area contributed by atoms with Gasteiger partial charge in [0, 0.05) is 29.5 Å². The summed E-state index contributed by atoms with van der Waals surface area (Å²) in [5.41, 5.74) is 1.02. The number of aliphatic hydroxyl groups excluding tert-OH is 1. The predicted octanol–water partition coefficient (Wildman–Crippen LogP) is 3.20. The van der Waals surface area contributed by atoms with Gasteiger partial charge in [0.25, 0.3) is 5.91 Å². The van der Waals surface area contributed by atoms with Crippen LogP contribution in [-0.4, -0.2) is 58.2 Å². The molecule has 0 aromatic heterocycles. The quantitative estimate of drug-likeness (QED) is 0.596. The van der Waals surface area contributed by atoms with E-state index < -0.39 is 13.7 Å². The molecule has 0 unspecified atom stereocenters. The van der Waals surface area contributed by atoms with Crippen LogP contribution in [0.3, 0.4) is 0 Å². The van der Waals surface area contributed by atoms with E-state index in [-0.39, 0.29) is 36.2 Å². The monoisotopic (exact) mass is 496 g/mol. The zero-order valence-corrected chi connectivity index (χ0v) is 21.5. The summed E-state index contributed by atoms with van der Waals surface area (Å²) >= 11 is 0. The van der Waals surface area contributed by atoms with Gasteiger partial charge >= 0.3 is 6.09 Å². The molecule has 0 saturated carbocycles. The van der Waals surface area contributed by atoms with E-state index in [1.54, 1.807) is 12.0 Å². The van der Waals surface area contributed by atoms with Gasteiger partial charge in [0.1, 0.15) is 12.4 Å². The van der Waals surface area contributed by atoms with Crippen LogP contribution in [0.1, 0.15) is 18.9 Å². The van der Waals surface area contributed by atoms with Gasteiger partial charge in [-0.05, 0) is 42.3 Å². The second-order valence-electron chi connectivity index (χ2n) is 10.1. The van der Waals surface area contributed by atoms with Gasteiger partial charge < -0.3 is 24.6 Å². The molecule has 0 bridgehead atoms. The smallest absolute Gasteiger partial charge is 0.414 e. The van der Waals surface area contributed by atoms with Gasteiger partial charge in [0.05, 0.1) is 27.8 Å². The summed E-state index contributed by atoms with van der Waals surface area (Å²) in [7, 11) is -0.546. The fraction of sp³-hybridized carbons (Fsp3) is 0.462. The van der Waals surface area contributed by atoms with Gasteiger partial charge in [-0.25, -0.2) is 4.79 Å². The maximum Gasteiger partial charge on any atom is 0.414 e. The van der Waals surface area contributed by atoms with E-state index in [2.05, 4.69) is 37.5 Å². The fourth-order valence-corrected chi connectivity index (χ4v) is 10.4. The number of rotatable bonds is 6. The second-order valence-corrected chi connectivity index (χ2v) is 14.8. The van der Waals surface area contributed by atoms with Crippen LogP contribution in [0.25, 0.3) is 0 Å². The lowest BCUT2D eigenvalue weighted by Gasteiger charge is -2.37. The van der Waals surface area contributed by atoms with E-state index in [1.807, 2.05) is 30.3 Å². The van der Waals surface area contributed by atoms with Crippen LogP contribution in [0.2, 0.25) is 18.6 Å². The normalized spacial score (nSPS) is 27.8. The third-order valence-corrected chi connectivity index (χ3v) is 12.4. The number of hydrogen-bond donors (Lipinski definition) is 2.